The Balaban J connectivity index is 1.81. The molecule has 19 heavy (non-hydrogen) atoms. The van der Waals surface area contributed by atoms with Crippen LogP contribution in [-0.2, 0) is 4.74 Å². The fourth-order valence-electron chi connectivity index (χ4n) is 2.46. The predicted octanol–water partition coefficient (Wildman–Crippen LogP) is -0.0418. The molecule has 4 heteroatoms. The van der Waals surface area contributed by atoms with Crippen LogP contribution < -0.4 is 9.64 Å². The quantitative estimate of drug-likeness (QED) is 0.786. The Labute approximate surface area is 114 Å². The molecule has 1 unspecified atom stereocenters. The van der Waals surface area contributed by atoms with E-state index in [4.69, 9.17) is 9.47 Å². The van der Waals surface area contributed by atoms with Gasteiger partial charge in [-0.05, 0) is 25.0 Å². The average Bonchev–Trinajstić information content (AvgIpc) is 2.39. The Bertz CT molecular complexity index is 382. The molecule has 1 aromatic carbocycles. The first-order valence-corrected chi connectivity index (χ1v) is 6.95. The number of hydrogen-bond donors (Lipinski definition) is 2. The van der Waals surface area contributed by atoms with E-state index in [9.17, 15) is 5.11 Å². The Kier molecular flexibility index (Phi) is 5.19. The van der Waals surface area contributed by atoms with Crippen LogP contribution in [0.5, 0.6) is 5.75 Å². The molecule has 1 aliphatic rings. The molecule has 1 saturated heterocycles. The van der Waals surface area contributed by atoms with Crippen LogP contribution in [0.2, 0.25) is 0 Å². The van der Waals surface area contributed by atoms with Gasteiger partial charge in [0.15, 0.2) is 0 Å². The van der Waals surface area contributed by atoms with E-state index in [0.717, 1.165) is 49.7 Å². The SMILES string of the molecule is Cc1cccc(C)c1OCC(O)C[NH+]1CCOCC1. The minimum Gasteiger partial charge on any atom is -0.490 e. The van der Waals surface area contributed by atoms with Crippen molar-refractivity contribution in [3.63, 3.8) is 0 Å². The molecule has 2 N–H and O–H groups in total. The molecule has 0 saturated carbocycles. The lowest BCUT2D eigenvalue weighted by molar-refractivity contribution is -0.911. The summed E-state index contributed by atoms with van der Waals surface area (Å²) in [5.41, 5.74) is 2.23. The lowest BCUT2D eigenvalue weighted by Crippen LogP contribution is -3.15. The largest absolute Gasteiger partial charge is 0.490 e. The second-order valence-corrected chi connectivity index (χ2v) is 5.25. The molecular formula is C15H24NO3+. The molecule has 1 heterocycles. The maximum absolute atomic E-state index is 10.1. The topological polar surface area (TPSA) is 43.1 Å². The maximum Gasteiger partial charge on any atom is 0.137 e. The standard InChI is InChI=1S/C15H23NO3/c1-12-4-3-5-13(2)15(12)19-11-14(17)10-16-6-8-18-9-7-16/h3-5,14,17H,6-11H2,1-2H3/p+1. The van der Waals surface area contributed by atoms with Crippen LogP contribution in [0.3, 0.4) is 0 Å². The van der Waals surface area contributed by atoms with Crippen LogP contribution in [0.1, 0.15) is 11.1 Å². The summed E-state index contributed by atoms with van der Waals surface area (Å²) in [6, 6.07) is 6.08. The van der Waals surface area contributed by atoms with Gasteiger partial charge in [0.25, 0.3) is 0 Å². The van der Waals surface area contributed by atoms with E-state index in [2.05, 4.69) is 0 Å². The fourth-order valence-corrected chi connectivity index (χ4v) is 2.46. The van der Waals surface area contributed by atoms with Gasteiger partial charge in [-0.1, -0.05) is 18.2 Å². The summed E-state index contributed by atoms with van der Waals surface area (Å²) in [6.45, 7) is 8.68. The first-order chi connectivity index (χ1) is 9.16. The Morgan fingerprint density at radius 1 is 1.26 bits per heavy atom. The molecule has 1 atom stereocenters. The molecule has 106 valence electrons. The zero-order valence-electron chi connectivity index (χ0n) is 11.8. The highest BCUT2D eigenvalue weighted by Gasteiger charge is 2.19. The fraction of sp³-hybridized carbons (Fsp3) is 0.600. The summed E-state index contributed by atoms with van der Waals surface area (Å²) in [4.78, 5) is 1.39. The molecule has 1 aromatic rings. The van der Waals surface area contributed by atoms with Gasteiger partial charge >= 0.3 is 0 Å². The van der Waals surface area contributed by atoms with Gasteiger partial charge in [0.05, 0.1) is 13.2 Å². The Morgan fingerprint density at radius 2 is 1.89 bits per heavy atom. The number of aliphatic hydroxyl groups excluding tert-OH is 1. The number of aliphatic hydroxyl groups is 1. The van der Waals surface area contributed by atoms with E-state index < -0.39 is 6.10 Å². The number of benzene rings is 1. The zero-order chi connectivity index (χ0) is 13.7. The Hall–Kier alpha value is -1.10. The highest BCUT2D eigenvalue weighted by molar-refractivity contribution is 5.39. The number of nitrogens with one attached hydrogen (secondary N) is 1. The molecule has 0 radical (unpaired) electrons. The van der Waals surface area contributed by atoms with Crippen molar-refractivity contribution in [3.8, 4) is 5.75 Å². The lowest BCUT2D eigenvalue weighted by Gasteiger charge is -2.26. The number of quaternary nitrogens is 1. The number of morpholine rings is 1. The molecular weight excluding hydrogens is 242 g/mol. The van der Waals surface area contributed by atoms with E-state index in [1.807, 2.05) is 32.0 Å². The molecule has 0 aromatic heterocycles. The van der Waals surface area contributed by atoms with Crippen molar-refractivity contribution in [1.82, 2.24) is 0 Å². The minimum absolute atomic E-state index is 0.357. The van der Waals surface area contributed by atoms with Gasteiger partial charge in [0, 0.05) is 0 Å². The van der Waals surface area contributed by atoms with Crippen molar-refractivity contribution in [1.29, 1.82) is 0 Å². The zero-order valence-corrected chi connectivity index (χ0v) is 11.8. The second-order valence-electron chi connectivity index (χ2n) is 5.25. The van der Waals surface area contributed by atoms with Gasteiger partial charge in [-0.3, -0.25) is 0 Å². The summed E-state index contributed by atoms with van der Waals surface area (Å²) in [6.07, 6.45) is -0.424. The van der Waals surface area contributed by atoms with Crippen LogP contribution >= 0.6 is 0 Å². The van der Waals surface area contributed by atoms with Crippen molar-refractivity contribution in [3.05, 3.63) is 29.3 Å². The van der Waals surface area contributed by atoms with Crippen molar-refractivity contribution in [2.24, 2.45) is 0 Å². The lowest BCUT2D eigenvalue weighted by atomic mass is 10.1. The number of rotatable bonds is 5. The van der Waals surface area contributed by atoms with E-state index in [-0.39, 0.29) is 0 Å². The number of ether oxygens (including phenoxy) is 2. The summed E-state index contributed by atoms with van der Waals surface area (Å²) < 4.78 is 11.1. The highest BCUT2D eigenvalue weighted by atomic mass is 16.5. The van der Waals surface area contributed by atoms with Crippen molar-refractivity contribution in [2.75, 3.05) is 39.5 Å². The molecule has 1 fully saturated rings. The molecule has 1 aliphatic heterocycles. The number of aryl methyl sites for hydroxylation is 2. The third-order valence-electron chi connectivity index (χ3n) is 3.55. The molecule has 2 rings (SSSR count). The van der Waals surface area contributed by atoms with Crippen LogP contribution in [0.4, 0.5) is 0 Å². The molecule has 4 nitrogen and oxygen atoms in total. The third-order valence-corrected chi connectivity index (χ3v) is 3.55. The second kappa shape index (κ2) is 6.89. The first kappa shape index (κ1) is 14.3. The third kappa shape index (κ3) is 4.20. The van der Waals surface area contributed by atoms with Gasteiger partial charge in [0.1, 0.15) is 38.1 Å². The van der Waals surface area contributed by atoms with Crippen molar-refractivity contribution in [2.45, 2.75) is 20.0 Å². The number of para-hydroxylation sites is 1. The summed E-state index contributed by atoms with van der Waals surface area (Å²) in [5, 5.41) is 10.1. The summed E-state index contributed by atoms with van der Waals surface area (Å²) in [7, 11) is 0. The van der Waals surface area contributed by atoms with Gasteiger partial charge in [-0.15, -0.1) is 0 Å². The van der Waals surface area contributed by atoms with Gasteiger partial charge in [-0.2, -0.15) is 0 Å². The molecule has 0 spiro atoms. The molecule has 0 amide bonds. The smallest absolute Gasteiger partial charge is 0.137 e. The first-order valence-electron chi connectivity index (χ1n) is 6.95. The monoisotopic (exact) mass is 266 g/mol. The van der Waals surface area contributed by atoms with E-state index >= 15 is 0 Å². The predicted molar refractivity (Wildman–Crippen MR) is 73.8 cm³/mol. The van der Waals surface area contributed by atoms with E-state index in [1.54, 1.807) is 0 Å². The number of hydrogen-bond acceptors (Lipinski definition) is 3. The minimum atomic E-state index is -0.424. The maximum atomic E-state index is 10.1. The molecule has 0 aliphatic carbocycles. The van der Waals surface area contributed by atoms with Gasteiger partial charge in [-0.25, -0.2) is 0 Å². The van der Waals surface area contributed by atoms with E-state index in [1.165, 1.54) is 4.90 Å². The van der Waals surface area contributed by atoms with E-state index in [0.29, 0.717) is 6.61 Å². The normalized spacial score (nSPS) is 18.3. The highest BCUT2D eigenvalue weighted by Crippen LogP contribution is 2.22. The average molecular weight is 266 g/mol. The van der Waals surface area contributed by atoms with Crippen LogP contribution in [0, 0.1) is 13.8 Å². The van der Waals surface area contributed by atoms with Crippen molar-refractivity contribution >= 4 is 0 Å². The van der Waals surface area contributed by atoms with Gasteiger partial charge < -0.3 is 19.5 Å². The van der Waals surface area contributed by atoms with Crippen molar-refractivity contribution < 1.29 is 19.5 Å². The van der Waals surface area contributed by atoms with Crippen LogP contribution in [0.15, 0.2) is 18.2 Å². The van der Waals surface area contributed by atoms with Crippen LogP contribution in [-0.4, -0.2) is 50.7 Å². The van der Waals surface area contributed by atoms with Crippen LogP contribution in [0.25, 0.3) is 0 Å². The molecule has 0 bridgehead atoms. The van der Waals surface area contributed by atoms with Gasteiger partial charge in [0.2, 0.25) is 0 Å². The Morgan fingerprint density at radius 3 is 2.53 bits per heavy atom. The summed E-state index contributed by atoms with van der Waals surface area (Å²) in [5.74, 6) is 0.901. The summed E-state index contributed by atoms with van der Waals surface area (Å²) >= 11 is 0.